The Labute approximate surface area is 216 Å². The molecule has 1 fully saturated rings. The van der Waals surface area contributed by atoms with Gasteiger partial charge in [-0.25, -0.2) is 9.67 Å². The van der Waals surface area contributed by atoms with Crippen LogP contribution in [-0.2, 0) is 11.2 Å². The Hall–Kier alpha value is -2.63. The molecule has 1 N–H and O–H groups in total. The normalized spacial score (nSPS) is 20.2. The van der Waals surface area contributed by atoms with Crippen molar-refractivity contribution in [1.29, 1.82) is 0 Å². The topological polar surface area (TPSA) is 59.3 Å². The SMILES string of the molecule is O=C(NCCCc1ccccc1)C1C(C2CCCCC2)=Nc2ccnn2C1c1ccc(Cl)c(Cl)c1. The summed E-state index contributed by atoms with van der Waals surface area (Å²) in [5, 5.41) is 8.76. The number of nitrogens with zero attached hydrogens (tertiary/aromatic N) is 3. The minimum Gasteiger partial charge on any atom is -0.355 e. The molecule has 2 aromatic carbocycles. The predicted octanol–water partition coefficient (Wildman–Crippen LogP) is 6.81. The standard InChI is InChI=1S/C28H30Cl2N4O/c29-22-14-13-21(18-23(22)30)27-25(28(35)31-16-7-10-19-8-3-1-4-9-19)26(20-11-5-2-6-12-20)33-24-15-17-32-34(24)27/h1,3-4,8-9,13-15,17-18,20,25,27H,2,5-7,10-12,16H2,(H,31,35). The molecule has 1 aliphatic carbocycles. The van der Waals surface area contributed by atoms with E-state index in [1.807, 2.05) is 41.1 Å². The maximum absolute atomic E-state index is 13.8. The summed E-state index contributed by atoms with van der Waals surface area (Å²) in [4.78, 5) is 18.9. The second kappa shape index (κ2) is 11.0. The van der Waals surface area contributed by atoms with Crippen molar-refractivity contribution in [2.75, 3.05) is 6.54 Å². The summed E-state index contributed by atoms with van der Waals surface area (Å²) in [6, 6.07) is 17.6. The molecule has 7 heteroatoms. The highest BCUT2D eigenvalue weighted by atomic mass is 35.5. The van der Waals surface area contributed by atoms with Crippen LogP contribution < -0.4 is 5.32 Å². The fourth-order valence-corrected chi connectivity index (χ4v) is 5.73. The fraction of sp³-hybridized carbons (Fsp3) is 0.393. The first kappa shape index (κ1) is 24.1. The number of hydrogen-bond donors (Lipinski definition) is 1. The number of fused-ring (bicyclic) bond motifs is 1. The Bertz CT molecular complexity index is 1200. The van der Waals surface area contributed by atoms with Crippen LogP contribution in [0.25, 0.3) is 0 Å². The molecule has 182 valence electrons. The van der Waals surface area contributed by atoms with E-state index in [0.29, 0.717) is 22.5 Å². The van der Waals surface area contributed by atoms with Gasteiger partial charge in [-0.3, -0.25) is 4.79 Å². The van der Waals surface area contributed by atoms with Gasteiger partial charge in [0.15, 0.2) is 5.82 Å². The van der Waals surface area contributed by atoms with Crippen molar-refractivity contribution in [2.45, 2.75) is 51.0 Å². The van der Waals surface area contributed by atoms with Crippen LogP contribution in [0.3, 0.4) is 0 Å². The van der Waals surface area contributed by atoms with Gasteiger partial charge in [-0.2, -0.15) is 5.10 Å². The second-order valence-electron chi connectivity index (χ2n) is 9.48. The Morgan fingerprint density at radius 3 is 2.57 bits per heavy atom. The average Bonchev–Trinajstić information content (AvgIpc) is 3.37. The van der Waals surface area contributed by atoms with Crippen LogP contribution in [0.1, 0.15) is 55.7 Å². The number of aliphatic imine (C=N–C) groups is 1. The van der Waals surface area contributed by atoms with Gasteiger partial charge in [0.25, 0.3) is 0 Å². The predicted molar refractivity (Wildman–Crippen MR) is 142 cm³/mol. The van der Waals surface area contributed by atoms with Crippen molar-refractivity contribution >= 4 is 40.6 Å². The largest absolute Gasteiger partial charge is 0.355 e. The summed E-state index contributed by atoms with van der Waals surface area (Å²) >= 11 is 12.6. The van der Waals surface area contributed by atoms with E-state index in [-0.39, 0.29) is 11.9 Å². The Balaban J connectivity index is 1.44. The summed E-state index contributed by atoms with van der Waals surface area (Å²) in [6.07, 6.45) is 9.28. The van der Waals surface area contributed by atoms with Crippen LogP contribution in [0.5, 0.6) is 0 Å². The highest BCUT2D eigenvalue weighted by molar-refractivity contribution is 6.42. The van der Waals surface area contributed by atoms with Crippen LogP contribution in [0.4, 0.5) is 5.82 Å². The second-order valence-corrected chi connectivity index (χ2v) is 10.3. The first-order chi connectivity index (χ1) is 17.1. The summed E-state index contributed by atoms with van der Waals surface area (Å²) < 4.78 is 1.86. The number of carbonyl (C=O) groups excluding carboxylic acids is 1. The lowest BCUT2D eigenvalue weighted by molar-refractivity contribution is -0.124. The van der Waals surface area contributed by atoms with Crippen molar-refractivity contribution < 1.29 is 4.79 Å². The Kier molecular flexibility index (Phi) is 7.54. The van der Waals surface area contributed by atoms with Crippen molar-refractivity contribution in [2.24, 2.45) is 16.8 Å². The monoisotopic (exact) mass is 508 g/mol. The molecule has 5 rings (SSSR count). The van der Waals surface area contributed by atoms with Gasteiger partial charge in [-0.05, 0) is 54.9 Å². The van der Waals surface area contributed by atoms with E-state index in [0.717, 1.165) is 42.8 Å². The average molecular weight is 509 g/mol. The third-order valence-corrected chi connectivity index (χ3v) is 7.91. The van der Waals surface area contributed by atoms with E-state index in [2.05, 4.69) is 22.5 Å². The number of halogens is 2. The van der Waals surface area contributed by atoms with E-state index in [9.17, 15) is 4.79 Å². The van der Waals surface area contributed by atoms with Crippen LogP contribution in [0.15, 0.2) is 65.8 Å². The molecule has 5 nitrogen and oxygen atoms in total. The molecule has 0 saturated heterocycles. The molecule has 1 saturated carbocycles. The number of carbonyl (C=O) groups is 1. The zero-order chi connectivity index (χ0) is 24.2. The minimum atomic E-state index is -0.445. The van der Waals surface area contributed by atoms with Gasteiger partial charge >= 0.3 is 0 Å². The molecule has 1 aliphatic heterocycles. The zero-order valence-corrected chi connectivity index (χ0v) is 21.2. The molecular formula is C28H30Cl2N4O. The van der Waals surface area contributed by atoms with Crippen LogP contribution >= 0.6 is 23.2 Å². The summed E-state index contributed by atoms with van der Waals surface area (Å²) in [6.45, 7) is 0.613. The van der Waals surface area contributed by atoms with E-state index < -0.39 is 5.92 Å². The van der Waals surface area contributed by atoms with Gasteiger partial charge in [-0.1, -0.05) is 78.9 Å². The lowest BCUT2D eigenvalue weighted by Gasteiger charge is -2.36. The molecule has 0 spiro atoms. The van der Waals surface area contributed by atoms with Crippen LogP contribution in [-0.4, -0.2) is 27.9 Å². The number of amides is 1. The molecule has 35 heavy (non-hydrogen) atoms. The first-order valence-electron chi connectivity index (χ1n) is 12.5. The van der Waals surface area contributed by atoms with Crippen molar-refractivity contribution in [1.82, 2.24) is 15.1 Å². The first-order valence-corrected chi connectivity index (χ1v) is 13.3. The molecule has 2 atom stereocenters. The number of aryl methyl sites for hydroxylation is 1. The lowest BCUT2D eigenvalue weighted by atomic mass is 9.76. The smallest absolute Gasteiger partial charge is 0.231 e. The van der Waals surface area contributed by atoms with Gasteiger partial charge in [0.2, 0.25) is 5.91 Å². The van der Waals surface area contributed by atoms with Crippen molar-refractivity contribution in [3.05, 3.63) is 82.0 Å². The summed E-state index contributed by atoms with van der Waals surface area (Å²) in [7, 11) is 0. The van der Waals surface area contributed by atoms with Crippen molar-refractivity contribution in [3.63, 3.8) is 0 Å². The van der Waals surface area contributed by atoms with Gasteiger partial charge in [0.05, 0.1) is 22.3 Å². The van der Waals surface area contributed by atoms with Crippen LogP contribution in [0, 0.1) is 11.8 Å². The highest BCUT2D eigenvalue weighted by Gasteiger charge is 2.42. The zero-order valence-electron chi connectivity index (χ0n) is 19.7. The molecule has 3 aromatic rings. The molecule has 2 unspecified atom stereocenters. The lowest BCUT2D eigenvalue weighted by Crippen LogP contribution is -2.46. The fourth-order valence-electron chi connectivity index (χ4n) is 5.42. The minimum absolute atomic E-state index is 0.000363. The quantitative estimate of drug-likeness (QED) is 0.356. The van der Waals surface area contributed by atoms with Gasteiger partial charge < -0.3 is 5.32 Å². The number of hydrogen-bond acceptors (Lipinski definition) is 3. The number of rotatable bonds is 7. The summed E-state index contributed by atoms with van der Waals surface area (Å²) in [5.41, 5.74) is 3.17. The van der Waals surface area contributed by atoms with Crippen molar-refractivity contribution in [3.8, 4) is 0 Å². The molecule has 0 radical (unpaired) electrons. The van der Waals surface area contributed by atoms with Gasteiger partial charge in [0.1, 0.15) is 5.92 Å². The van der Waals surface area contributed by atoms with Crippen LogP contribution in [0.2, 0.25) is 10.0 Å². The van der Waals surface area contributed by atoms with E-state index in [4.69, 9.17) is 28.2 Å². The molecule has 1 aromatic heterocycles. The summed E-state index contributed by atoms with van der Waals surface area (Å²) in [5.74, 6) is 0.645. The molecule has 1 amide bonds. The van der Waals surface area contributed by atoms with E-state index in [1.165, 1.54) is 24.8 Å². The Morgan fingerprint density at radius 2 is 1.80 bits per heavy atom. The Morgan fingerprint density at radius 1 is 1.00 bits per heavy atom. The molecule has 0 bridgehead atoms. The molecule has 2 aliphatic rings. The number of nitrogens with one attached hydrogen (secondary N) is 1. The maximum Gasteiger partial charge on any atom is 0.231 e. The highest BCUT2D eigenvalue weighted by Crippen LogP contribution is 2.42. The third-order valence-electron chi connectivity index (χ3n) is 7.17. The van der Waals surface area contributed by atoms with E-state index >= 15 is 0 Å². The third kappa shape index (κ3) is 5.31. The molecule has 2 heterocycles. The van der Waals surface area contributed by atoms with E-state index in [1.54, 1.807) is 12.3 Å². The molecular weight excluding hydrogens is 479 g/mol. The maximum atomic E-state index is 13.8. The van der Waals surface area contributed by atoms with Gasteiger partial charge in [-0.15, -0.1) is 0 Å². The number of benzene rings is 2. The van der Waals surface area contributed by atoms with Gasteiger partial charge in [0, 0.05) is 18.3 Å². The number of aromatic nitrogens is 2.